The number of hydrogen-bond acceptors (Lipinski definition) is 3. The molecule has 0 atom stereocenters. The summed E-state index contributed by atoms with van der Waals surface area (Å²) in [6.45, 7) is 2.70. The summed E-state index contributed by atoms with van der Waals surface area (Å²) in [5.74, 6) is -1.67. The first kappa shape index (κ1) is 19.4. The van der Waals surface area contributed by atoms with Crippen LogP contribution in [-0.4, -0.2) is 24.2 Å². The summed E-state index contributed by atoms with van der Waals surface area (Å²) in [6.07, 6.45) is 1.08. The molecule has 0 N–H and O–H groups in total. The third-order valence-electron chi connectivity index (χ3n) is 4.22. The molecule has 0 aliphatic heterocycles. The molecular formula is C20H20F2N2O2S. The molecule has 0 fully saturated rings. The predicted octanol–water partition coefficient (Wildman–Crippen LogP) is 3.86. The average molecular weight is 390 g/mol. The van der Waals surface area contributed by atoms with Crippen molar-refractivity contribution in [2.75, 3.05) is 13.7 Å². The normalized spacial score (nSPS) is 12.1. The average Bonchev–Trinajstić information content (AvgIpc) is 2.97. The maximum absolute atomic E-state index is 14.3. The highest BCUT2D eigenvalue weighted by atomic mass is 32.1. The lowest BCUT2D eigenvalue weighted by Crippen LogP contribution is -2.20. The van der Waals surface area contributed by atoms with Crippen molar-refractivity contribution in [2.24, 2.45) is 4.99 Å². The number of rotatable bonds is 6. The Morgan fingerprint density at radius 1 is 1.19 bits per heavy atom. The van der Waals surface area contributed by atoms with Gasteiger partial charge in [-0.3, -0.25) is 4.79 Å². The molecule has 0 radical (unpaired) electrons. The number of benzene rings is 2. The van der Waals surface area contributed by atoms with Crippen LogP contribution >= 0.6 is 11.3 Å². The number of carbonyl (C=O) groups excluding carboxylic acids is 1. The van der Waals surface area contributed by atoms with Gasteiger partial charge in [-0.15, -0.1) is 0 Å². The van der Waals surface area contributed by atoms with Crippen molar-refractivity contribution < 1.29 is 18.3 Å². The molecule has 0 aliphatic carbocycles. The van der Waals surface area contributed by atoms with Crippen LogP contribution in [0.1, 0.15) is 18.1 Å². The molecule has 142 valence electrons. The third kappa shape index (κ3) is 4.48. The predicted molar refractivity (Wildman–Crippen MR) is 102 cm³/mol. The van der Waals surface area contributed by atoms with Crippen molar-refractivity contribution in [3.8, 4) is 0 Å². The Bertz CT molecular complexity index is 1020. The first-order chi connectivity index (χ1) is 13.0. The van der Waals surface area contributed by atoms with E-state index in [2.05, 4.69) is 11.9 Å². The molecule has 0 saturated heterocycles. The van der Waals surface area contributed by atoms with E-state index >= 15 is 0 Å². The van der Waals surface area contributed by atoms with Crippen LogP contribution in [0.15, 0.2) is 41.4 Å². The SMILES string of the molecule is CCc1ccc(CC(=O)N=c2sc3cc(F)cc(F)c3n2CCOC)cc1. The van der Waals surface area contributed by atoms with E-state index in [4.69, 9.17) is 4.74 Å². The lowest BCUT2D eigenvalue weighted by molar-refractivity contribution is -0.117. The summed E-state index contributed by atoms with van der Waals surface area (Å²) in [4.78, 5) is 16.9. The second-order valence-corrected chi connectivity index (χ2v) is 7.12. The second kappa shape index (κ2) is 8.54. The number of carbonyl (C=O) groups is 1. The fourth-order valence-electron chi connectivity index (χ4n) is 2.82. The van der Waals surface area contributed by atoms with E-state index in [0.29, 0.717) is 22.7 Å². The number of methoxy groups -OCH3 is 1. The number of hydrogen-bond donors (Lipinski definition) is 0. The van der Waals surface area contributed by atoms with E-state index in [1.807, 2.05) is 24.3 Å². The zero-order valence-electron chi connectivity index (χ0n) is 15.2. The van der Waals surface area contributed by atoms with Crippen LogP contribution in [0.5, 0.6) is 0 Å². The molecule has 1 amide bonds. The van der Waals surface area contributed by atoms with Gasteiger partial charge in [0.2, 0.25) is 0 Å². The van der Waals surface area contributed by atoms with Gasteiger partial charge < -0.3 is 9.30 Å². The van der Waals surface area contributed by atoms with Gasteiger partial charge in [-0.25, -0.2) is 8.78 Å². The number of amides is 1. The van der Waals surface area contributed by atoms with E-state index in [1.165, 1.54) is 18.7 Å². The zero-order valence-corrected chi connectivity index (χ0v) is 16.0. The Hall–Kier alpha value is -2.38. The van der Waals surface area contributed by atoms with Crippen LogP contribution in [-0.2, 0) is 28.9 Å². The third-order valence-corrected chi connectivity index (χ3v) is 5.25. The lowest BCUT2D eigenvalue weighted by atomic mass is 10.1. The molecule has 1 heterocycles. The topological polar surface area (TPSA) is 43.6 Å². The summed E-state index contributed by atoms with van der Waals surface area (Å²) >= 11 is 1.09. The van der Waals surface area contributed by atoms with Gasteiger partial charge >= 0.3 is 0 Å². The van der Waals surface area contributed by atoms with E-state index in [9.17, 15) is 13.6 Å². The zero-order chi connectivity index (χ0) is 19.4. The standard InChI is InChI=1S/C20H20F2N2O2S/c1-3-13-4-6-14(7-5-13)10-18(25)23-20-24(8-9-26-2)19-16(22)11-15(21)12-17(19)27-20/h4-7,11-12H,3,8-10H2,1-2H3. The van der Waals surface area contributed by atoms with Crippen LogP contribution in [0, 0.1) is 11.6 Å². The van der Waals surface area contributed by atoms with Crippen molar-refractivity contribution in [3.05, 3.63) is 64.0 Å². The quantitative estimate of drug-likeness (QED) is 0.642. The molecule has 27 heavy (non-hydrogen) atoms. The minimum atomic E-state index is -0.679. The van der Waals surface area contributed by atoms with Crippen LogP contribution < -0.4 is 4.80 Å². The highest BCUT2D eigenvalue weighted by Gasteiger charge is 2.14. The van der Waals surface area contributed by atoms with Gasteiger partial charge in [0, 0.05) is 19.7 Å². The molecule has 0 bridgehead atoms. The van der Waals surface area contributed by atoms with Gasteiger partial charge in [-0.1, -0.05) is 42.5 Å². The number of ether oxygens (including phenoxy) is 1. The number of nitrogens with zero attached hydrogens (tertiary/aromatic N) is 2. The van der Waals surface area contributed by atoms with Gasteiger partial charge in [0.25, 0.3) is 5.91 Å². The molecule has 0 saturated carbocycles. The Morgan fingerprint density at radius 3 is 2.56 bits per heavy atom. The van der Waals surface area contributed by atoms with Gasteiger partial charge in [0.05, 0.1) is 23.2 Å². The number of halogens is 2. The first-order valence-corrected chi connectivity index (χ1v) is 9.46. The number of thiazole rings is 1. The monoisotopic (exact) mass is 390 g/mol. The molecule has 7 heteroatoms. The molecule has 0 aliphatic rings. The van der Waals surface area contributed by atoms with Gasteiger partial charge in [-0.2, -0.15) is 4.99 Å². The summed E-state index contributed by atoms with van der Waals surface area (Å²) in [6, 6.07) is 9.87. The fourth-order valence-corrected chi connectivity index (χ4v) is 3.93. The van der Waals surface area contributed by atoms with Gasteiger partial charge in [-0.05, 0) is 23.6 Å². The maximum Gasteiger partial charge on any atom is 0.252 e. The van der Waals surface area contributed by atoms with Crippen molar-refractivity contribution in [3.63, 3.8) is 0 Å². The summed E-state index contributed by atoms with van der Waals surface area (Å²) < 4.78 is 34.9. The number of aryl methyl sites for hydroxylation is 1. The lowest BCUT2D eigenvalue weighted by Gasteiger charge is -2.05. The Kier molecular flexibility index (Phi) is 6.13. The van der Waals surface area contributed by atoms with E-state index in [0.717, 1.165) is 29.4 Å². The first-order valence-electron chi connectivity index (χ1n) is 8.64. The van der Waals surface area contributed by atoms with Crippen LogP contribution in [0.4, 0.5) is 8.78 Å². The summed E-state index contributed by atoms with van der Waals surface area (Å²) in [5.41, 5.74) is 2.29. The van der Waals surface area contributed by atoms with Crippen LogP contribution in [0.2, 0.25) is 0 Å². The Balaban J connectivity index is 1.97. The van der Waals surface area contributed by atoms with Gasteiger partial charge in [0.15, 0.2) is 10.6 Å². The van der Waals surface area contributed by atoms with Crippen LogP contribution in [0.25, 0.3) is 10.2 Å². The van der Waals surface area contributed by atoms with Crippen LogP contribution in [0.3, 0.4) is 0 Å². The summed E-state index contributed by atoms with van der Waals surface area (Å²) in [5, 5.41) is 0. The Labute approximate surface area is 159 Å². The molecule has 0 unspecified atom stereocenters. The highest BCUT2D eigenvalue weighted by Crippen LogP contribution is 2.22. The van der Waals surface area contributed by atoms with Crippen molar-refractivity contribution in [1.29, 1.82) is 0 Å². The van der Waals surface area contributed by atoms with Gasteiger partial charge in [0.1, 0.15) is 5.82 Å². The molecule has 3 aromatic rings. The number of fused-ring (bicyclic) bond motifs is 1. The van der Waals surface area contributed by atoms with Crippen molar-refractivity contribution in [2.45, 2.75) is 26.3 Å². The van der Waals surface area contributed by atoms with E-state index in [1.54, 1.807) is 4.57 Å². The maximum atomic E-state index is 14.3. The fraction of sp³-hybridized carbons (Fsp3) is 0.300. The molecule has 1 aromatic heterocycles. The number of aromatic nitrogens is 1. The van der Waals surface area contributed by atoms with Crippen molar-refractivity contribution in [1.82, 2.24) is 4.57 Å². The molecule has 4 nitrogen and oxygen atoms in total. The van der Waals surface area contributed by atoms with Crippen molar-refractivity contribution >= 4 is 27.5 Å². The Morgan fingerprint density at radius 2 is 1.89 bits per heavy atom. The molecule has 3 rings (SSSR count). The minimum Gasteiger partial charge on any atom is -0.383 e. The minimum absolute atomic E-state index is 0.152. The molecule has 0 spiro atoms. The molecular weight excluding hydrogens is 370 g/mol. The second-order valence-electron chi connectivity index (χ2n) is 6.12. The summed E-state index contributed by atoms with van der Waals surface area (Å²) in [7, 11) is 1.53. The van der Waals surface area contributed by atoms with E-state index in [-0.39, 0.29) is 17.8 Å². The largest absolute Gasteiger partial charge is 0.383 e. The highest BCUT2D eigenvalue weighted by molar-refractivity contribution is 7.16. The molecule has 2 aromatic carbocycles. The van der Waals surface area contributed by atoms with E-state index < -0.39 is 11.6 Å². The smallest absolute Gasteiger partial charge is 0.252 e.